The molecule has 3 rings (SSSR count). The van der Waals surface area contributed by atoms with Crippen molar-refractivity contribution in [2.45, 2.75) is 41.5 Å². The SMILES string of the molecule is CC.CC.CC.c1ccc2nc3ccccc3nc2c1. The van der Waals surface area contributed by atoms with E-state index in [4.69, 9.17) is 0 Å². The molecule has 0 radical (unpaired) electrons. The average Bonchev–Trinajstić information content (AvgIpc) is 2.58. The molecule has 1 aromatic heterocycles. The van der Waals surface area contributed by atoms with Crippen LogP contribution in [0.4, 0.5) is 0 Å². The first-order chi connectivity index (χ1) is 9.93. The topological polar surface area (TPSA) is 25.8 Å². The van der Waals surface area contributed by atoms with Crippen LogP contribution < -0.4 is 0 Å². The Bertz CT molecular complexity index is 498. The molecule has 0 fully saturated rings. The van der Waals surface area contributed by atoms with Crippen molar-refractivity contribution >= 4 is 22.1 Å². The third kappa shape index (κ3) is 4.61. The van der Waals surface area contributed by atoms with Crippen molar-refractivity contribution in [3.05, 3.63) is 48.5 Å². The number of fused-ring (bicyclic) bond motifs is 2. The molecule has 2 aromatic carbocycles. The second-order valence-electron chi connectivity index (χ2n) is 3.20. The van der Waals surface area contributed by atoms with Crippen LogP contribution in [0, 0.1) is 0 Å². The van der Waals surface area contributed by atoms with Gasteiger partial charge in [0.15, 0.2) is 0 Å². The molecule has 0 aliphatic heterocycles. The Kier molecular flexibility index (Phi) is 9.85. The number of para-hydroxylation sites is 4. The van der Waals surface area contributed by atoms with Gasteiger partial charge in [-0.1, -0.05) is 65.8 Å². The van der Waals surface area contributed by atoms with Gasteiger partial charge in [0.05, 0.1) is 22.1 Å². The highest BCUT2D eigenvalue weighted by Gasteiger charge is 1.98. The number of hydrogen-bond donors (Lipinski definition) is 0. The minimum absolute atomic E-state index is 0.950. The highest BCUT2D eigenvalue weighted by molar-refractivity contribution is 5.85. The first-order valence-electron chi connectivity index (χ1n) is 7.55. The van der Waals surface area contributed by atoms with E-state index >= 15 is 0 Å². The first kappa shape index (κ1) is 18.0. The summed E-state index contributed by atoms with van der Waals surface area (Å²) in [6, 6.07) is 15.8. The smallest absolute Gasteiger partial charge is 0.0894 e. The molecule has 0 N–H and O–H groups in total. The van der Waals surface area contributed by atoms with Crippen molar-refractivity contribution < 1.29 is 0 Å². The van der Waals surface area contributed by atoms with Crippen molar-refractivity contribution in [1.29, 1.82) is 0 Å². The molecule has 0 aliphatic rings. The molecule has 3 aromatic rings. The summed E-state index contributed by atoms with van der Waals surface area (Å²) < 4.78 is 0. The van der Waals surface area contributed by atoms with Gasteiger partial charge < -0.3 is 0 Å². The lowest BCUT2D eigenvalue weighted by Gasteiger charge is -1.98. The maximum atomic E-state index is 4.52. The van der Waals surface area contributed by atoms with E-state index in [9.17, 15) is 0 Å². The lowest BCUT2D eigenvalue weighted by atomic mass is 10.2. The number of nitrogens with zero attached hydrogens (tertiary/aromatic N) is 2. The highest BCUT2D eigenvalue weighted by atomic mass is 14.8. The first-order valence-corrected chi connectivity index (χ1v) is 7.55. The maximum absolute atomic E-state index is 4.52. The molecule has 0 atom stereocenters. The fourth-order valence-electron chi connectivity index (χ4n) is 1.57. The Morgan fingerprint density at radius 1 is 0.450 bits per heavy atom. The van der Waals surface area contributed by atoms with Crippen LogP contribution in [0.25, 0.3) is 22.1 Å². The predicted molar refractivity (Wildman–Crippen MR) is 91.1 cm³/mol. The quantitative estimate of drug-likeness (QED) is 0.478. The van der Waals surface area contributed by atoms with Gasteiger partial charge in [-0.05, 0) is 24.3 Å². The Labute approximate surface area is 122 Å². The third-order valence-electron chi connectivity index (χ3n) is 2.25. The molecule has 0 amide bonds. The van der Waals surface area contributed by atoms with E-state index in [0.717, 1.165) is 22.1 Å². The standard InChI is InChI=1S/C12H8N2.3C2H6/c1-2-6-10-9(5-1)13-11-7-3-4-8-12(11)14-10;3*1-2/h1-8H;3*1-2H3. The molecule has 20 heavy (non-hydrogen) atoms. The molecule has 0 spiro atoms. The Hall–Kier alpha value is -1.96. The number of hydrogen-bond acceptors (Lipinski definition) is 2. The minimum Gasteiger partial charge on any atom is -0.245 e. The fourth-order valence-corrected chi connectivity index (χ4v) is 1.57. The van der Waals surface area contributed by atoms with Gasteiger partial charge in [0.2, 0.25) is 0 Å². The zero-order valence-corrected chi connectivity index (χ0v) is 13.5. The van der Waals surface area contributed by atoms with E-state index in [2.05, 4.69) is 9.97 Å². The summed E-state index contributed by atoms with van der Waals surface area (Å²) in [5.74, 6) is 0. The Morgan fingerprint density at radius 3 is 0.850 bits per heavy atom. The van der Waals surface area contributed by atoms with Crippen LogP contribution in [0.2, 0.25) is 0 Å². The number of benzene rings is 2. The molecule has 108 valence electrons. The van der Waals surface area contributed by atoms with Gasteiger partial charge >= 0.3 is 0 Å². The molecular formula is C18H26N2. The molecule has 0 aliphatic carbocycles. The van der Waals surface area contributed by atoms with E-state index in [0.29, 0.717) is 0 Å². The van der Waals surface area contributed by atoms with Crippen molar-refractivity contribution in [1.82, 2.24) is 9.97 Å². The summed E-state index contributed by atoms with van der Waals surface area (Å²) in [5.41, 5.74) is 3.80. The van der Waals surface area contributed by atoms with E-state index in [-0.39, 0.29) is 0 Å². The molecule has 1 heterocycles. The Morgan fingerprint density at radius 2 is 0.650 bits per heavy atom. The van der Waals surface area contributed by atoms with Crippen molar-refractivity contribution in [3.63, 3.8) is 0 Å². The summed E-state index contributed by atoms with van der Waals surface area (Å²) in [4.78, 5) is 9.03. The zero-order chi connectivity index (χ0) is 15.4. The average molecular weight is 270 g/mol. The lowest BCUT2D eigenvalue weighted by molar-refractivity contribution is 1.39. The number of aromatic nitrogens is 2. The third-order valence-corrected chi connectivity index (χ3v) is 2.25. The van der Waals surface area contributed by atoms with E-state index in [1.54, 1.807) is 0 Å². The van der Waals surface area contributed by atoms with Gasteiger partial charge in [-0.15, -0.1) is 0 Å². The number of rotatable bonds is 0. The van der Waals surface area contributed by atoms with E-state index < -0.39 is 0 Å². The van der Waals surface area contributed by atoms with Crippen LogP contribution in [0.15, 0.2) is 48.5 Å². The molecular weight excluding hydrogens is 244 g/mol. The summed E-state index contributed by atoms with van der Waals surface area (Å²) in [6.45, 7) is 12.0. The molecule has 2 nitrogen and oxygen atoms in total. The second kappa shape index (κ2) is 10.9. The van der Waals surface area contributed by atoms with Crippen LogP contribution in [-0.2, 0) is 0 Å². The van der Waals surface area contributed by atoms with E-state index in [1.807, 2.05) is 90.1 Å². The lowest BCUT2D eigenvalue weighted by Crippen LogP contribution is -1.85. The maximum Gasteiger partial charge on any atom is 0.0894 e. The van der Waals surface area contributed by atoms with Gasteiger partial charge in [0.25, 0.3) is 0 Å². The summed E-state index contributed by atoms with van der Waals surface area (Å²) >= 11 is 0. The summed E-state index contributed by atoms with van der Waals surface area (Å²) in [6.07, 6.45) is 0. The molecule has 0 unspecified atom stereocenters. The van der Waals surface area contributed by atoms with Crippen LogP contribution in [0.1, 0.15) is 41.5 Å². The molecule has 0 saturated carbocycles. The van der Waals surface area contributed by atoms with Crippen LogP contribution in [0.5, 0.6) is 0 Å². The Balaban J connectivity index is 0.000000538. The van der Waals surface area contributed by atoms with E-state index in [1.165, 1.54) is 0 Å². The monoisotopic (exact) mass is 270 g/mol. The van der Waals surface area contributed by atoms with Crippen LogP contribution in [-0.4, -0.2) is 9.97 Å². The van der Waals surface area contributed by atoms with Gasteiger partial charge in [-0.3, -0.25) is 0 Å². The van der Waals surface area contributed by atoms with Gasteiger partial charge in [-0.25, -0.2) is 9.97 Å². The molecule has 0 saturated heterocycles. The van der Waals surface area contributed by atoms with Gasteiger partial charge in [-0.2, -0.15) is 0 Å². The molecule has 0 bridgehead atoms. The summed E-state index contributed by atoms with van der Waals surface area (Å²) in [7, 11) is 0. The summed E-state index contributed by atoms with van der Waals surface area (Å²) in [5, 5.41) is 0. The van der Waals surface area contributed by atoms with Crippen LogP contribution in [0.3, 0.4) is 0 Å². The van der Waals surface area contributed by atoms with Crippen molar-refractivity contribution in [2.75, 3.05) is 0 Å². The highest BCUT2D eigenvalue weighted by Crippen LogP contribution is 2.14. The van der Waals surface area contributed by atoms with Gasteiger partial charge in [0.1, 0.15) is 0 Å². The normalized spacial score (nSPS) is 8.50. The minimum atomic E-state index is 0.950. The fraction of sp³-hybridized carbons (Fsp3) is 0.333. The second-order valence-corrected chi connectivity index (χ2v) is 3.20. The zero-order valence-electron chi connectivity index (χ0n) is 13.5. The largest absolute Gasteiger partial charge is 0.245 e. The van der Waals surface area contributed by atoms with Crippen LogP contribution >= 0.6 is 0 Å². The molecule has 2 heteroatoms. The van der Waals surface area contributed by atoms with Crippen molar-refractivity contribution in [3.8, 4) is 0 Å². The predicted octanol–water partition coefficient (Wildman–Crippen LogP) is 5.86. The van der Waals surface area contributed by atoms with Crippen molar-refractivity contribution in [2.24, 2.45) is 0 Å². The van der Waals surface area contributed by atoms with Gasteiger partial charge in [0, 0.05) is 0 Å².